The lowest BCUT2D eigenvalue weighted by molar-refractivity contribution is 0.0622. The third-order valence-corrected chi connectivity index (χ3v) is 5.52. The number of benzene rings is 1. The molecule has 1 aliphatic rings. The number of carbonyl (C=O) groups is 1. The Balaban J connectivity index is 1.41. The number of nitrogens with zero attached hydrogens (tertiary/aromatic N) is 5. The van der Waals surface area contributed by atoms with E-state index in [2.05, 4.69) is 28.8 Å². The fourth-order valence-electron chi connectivity index (χ4n) is 3.73. The Hall–Kier alpha value is -2.73. The molecule has 6 nitrogen and oxygen atoms in total. The van der Waals surface area contributed by atoms with Crippen molar-refractivity contribution in [3.63, 3.8) is 0 Å². The van der Waals surface area contributed by atoms with Crippen molar-refractivity contribution in [2.45, 2.75) is 20.4 Å². The average Bonchev–Trinajstić information content (AvgIpc) is 2.93. The van der Waals surface area contributed by atoms with Crippen molar-refractivity contribution in [1.82, 2.24) is 24.6 Å². The van der Waals surface area contributed by atoms with Crippen LogP contribution in [0.15, 0.2) is 36.4 Å². The maximum Gasteiger partial charge on any atom is 0.272 e. The van der Waals surface area contributed by atoms with Crippen LogP contribution >= 0.6 is 0 Å². The van der Waals surface area contributed by atoms with E-state index in [1.807, 2.05) is 53.0 Å². The van der Waals surface area contributed by atoms with Gasteiger partial charge in [-0.15, -0.1) is 0 Å². The van der Waals surface area contributed by atoms with Gasteiger partial charge in [0.15, 0.2) is 0 Å². The normalized spacial score (nSPS) is 15.4. The van der Waals surface area contributed by atoms with Gasteiger partial charge in [0, 0.05) is 56.4 Å². The van der Waals surface area contributed by atoms with Gasteiger partial charge in [-0.1, -0.05) is 24.3 Å². The van der Waals surface area contributed by atoms with Crippen LogP contribution in [0.1, 0.15) is 27.4 Å². The zero-order valence-corrected chi connectivity index (χ0v) is 16.1. The molecular weight excluding hydrogens is 338 g/mol. The van der Waals surface area contributed by atoms with Gasteiger partial charge in [0.1, 0.15) is 5.69 Å². The second-order valence-electron chi connectivity index (χ2n) is 7.23. The Labute approximate surface area is 159 Å². The largest absolute Gasteiger partial charge is 0.335 e. The predicted octanol–water partition coefficient (Wildman–Crippen LogP) is 2.54. The molecule has 1 aromatic carbocycles. The van der Waals surface area contributed by atoms with Crippen LogP contribution in [0, 0.1) is 13.8 Å². The minimum Gasteiger partial charge on any atom is -0.335 e. The van der Waals surface area contributed by atoms with Crippen LogP contribution in [0.3, 0.4) is 0 Å². The van der Waals surface area contributed by atoms with Gasteiger partial charge >= 0.3 is 0 Å². The molecule has 0 spiro atoms. The van der Waals surface area contributed by atoms with Crippen molar-refractivity contribution in [2.24, 2.45) is 7.05 Å². The van der Waals surface area contributed by atoms with Gasteiger partial charge in [-0.05, 0) is 26.0 Å². The minimum absolute atomic E-state index is 0.0224. The van der Waals surface area contributed by atoms with Gasteiger partial charge in [-0.2, -0.15) is 5.10 Å². The Kier molecular flexibility index (Phi) is 4.66. The molecule has 2 aromatic heterocycles. The SMILES string of the molecule is Cc1nn(C)c(C)c1CN1CCN(C(=O)c2ccc3ccccc3n2)CC1. The van der Waals surface area contributed by atoms with Crippen LogP contribution in [0.5, 0.6) is 0 Å². The molecule has 0 radical (unpaired) electrons. The summed E-state index contributed by atoms with van der Waals surface area (Å²) < 4.78 is 1.94. The molecule has 27 heavy (non-hydrogen) atoms. The highest BCUT2D eigenvalue weighted by Crippen LogP contribution is 2.17. The van der Waals surface area contributed by atoms with Crippen LogP contribution in [-0.2, 0) is 13.6 Å². The number of hydrogen-bond donors (Lipinski definition) is 0. The highest BCUT2D eigenvalue weighted by Gasteiger charge is 2.24. The number of hydrogen-bond acceptors (Lipinski definition) is 4. The van der Waals surface area contributed by atoms with Crippen molar-refractivity contribution >= 4 is 16.8 Å². The summed E-state index contributed by atoms with van der Waals surface area (Å²) in [5.74, 6) is 0.0224. The molecule has 1 aliphatic heterocycles. The van der Waals surface area contributed by atoms with E-state index in [1.165, 1.54) is 11.3 Å². The molecule has 0 aliphatic carbocycles. The summed E-state index contributed by atoms with van der Waals surface area (Å²) in [6.45, 7) is 8.26. The maximum absolute atomic E-state index is 12.9. The molecule has 4 rings (SSSR count). The van der Waals surface area contributed by atoms with Crippen LogP contribution in [-0.4, -0.2) is 56.7 Å². The molecule has 0 atom stereocenters. The van der Waals surface area contributed by atoms with Crippen molar-refractivity contribution < 1.29 is 4.79 Å². The summed E-state index contributed by atoms with van der Waals surface area (Å²) in [5.41, 5.74) is 5.00. The molecule has 6 heteroatoms. The van der Waals surface area contributed by atoms with Gasteiger partial charge in [-0.3, -0.25) is 14.4 Å². The first kappa shape index (κ1) is 17.7. The predicted molar refractivity (Wildman–Crippen MR) is 106 cm³/mol. The molecule has 140 valence electrons. The fraction of sp³-hybridized carbons (Fsp3) is 0.381. The van der Waals surface area contributed by atoms with Crippen LogP contribution in [0.2, 0.25) is 0 Å². The number of amides is 1. The molecule has 0 unspecified atom stereocenters. The van der Waals surface area contributed by atoms with Crippen LogP contribution in [0.25, 0.3) is 10.9 Å². The number of rotatable bonds is 3. The summed E-state index contributed by atoms with van der Waals surface area (Å²) in [6.07, 6.45) is 0. The highest BCUT2D eigenvalue weighted by molar-refractivity contribution is 5.95. The molecule has 1 fully saturated rings. The lowest BCUT2D eigenvalue weighted by atomic mass is 10.1. The number of piperazine rings is 1. The third-order valence-electron chi connectivity index (χ3n) is 5.52. The number of carbonyl (C=O) groups excluding carboxylic acids is 1. The van der Waals surface area contributed by atoms with Gasteiger partial charge in [-0.25, -0.2) is 4.98 Å². The van der Waals surface area contributed by atoms with Crippen molar-refractivity contribution in [1.29, 1.82) is 0 Å². The lowest BCUT2D eigenvalue weighted by Crippen LogP contribution is -2.48. The first-order valence-corrected chi connectivity index (χ1v) is 9.39. The summed E-state index contributed by atoms with van der Waals surface area (Å²) in [7, 11) is 1.99. The van der Waals surface area contributed by atoms with Crippen molar-refractivity contribution in [2.75, 3.05) is 26.2 Å². The number of aromatic nitrogens is 3. The zero-order chi connectivity index (χ0) is 19.0. The van der Waals surface area contributed by atoms with E-state index >= 15 is 0 Å². The molecule has 0 N–H and O–H groups in total. The van der Waals surface area contributed by atoms with Gasteiger partial charge in [0.05, 0.1) is 11.2 Å². The standard InChI is InChI=1S/C21H25N5O/c1-15-18(16(2)24(3)23-15)14-25-10-12-26(13-11-25)21(27)20-9-8-17-6-4-5-7-19(17)22-20/h4-9H,10-14H2,1-3H3. The second-order valence-corrected chi connectivity index (χ2v) is 7.23. The monoisotopic (exact) mass is 363 g/mol. The second kappa shape index (κ2) is 7.12. The molecular formula is C21H25N5O. The average molecular weight is 363 g/mol. The van der Waals surface area contributed by atoms with Crippen molar-refractivity contribution in [3.8, 4) is 0 Å². The Morgan fingerprint density at radius 2 is 1.78 bits per heavy atom. The summed E-state index contributed by atoms with van der Waals surface area (Å²) in [5, 5.41) is 5.56. The van der Waals surface area contributed by atoms with E-state index in [9.17, 15) is 4.79 Å². The first-order chi connectivity index (χ1) is 13.0. The first-order valence-electron chi connectivity index (χ1n) is 9.39. The van der Waals surface area contributed by atoms with E-state index in [4.69, 9.17) is 0 Å². The van der Waals surface area contributed by atoms with Crippen LogP contribution < -0.4 is 0 Å². The fourth-order valence-corrected chi connectivity index (χ4v) is 3.73. The Morgan fingerprint density at radius 3 is 2.48 bits per heavy atom. The van der Waals surface area contributed by atoms with Gasteiger partial charge < -0.3 is 4.90 Å². The Morgan fingerprint density at radius 1 is 1.04 bits per heavy atom. The van der Waals surface area contributed by atoms with E-state index in [0.29, 0.717) is 5.69 Å². The maximum atomic E-state index is 12.9. The van der Waals surface area contributed by atoms with Gasteiger partial charge in [0.25, 0.3) is 5.91 Å². The number of para-hydroxylation sites is 1. The summed E-state index contributed by atoms with van der Waals surface area (Å²) in [4.78, 5) is 21.7. The van der Waals surface area contributed by atoms with Gasteiger partial charge in [0.2, 0.25) is 0 Å². The smallest absolute Gasteiger partial charge is 0.272 e. The number of aryl methyl sites for hydroxylation is 2. The highest BCUT2D eigenvalue weighted by atomic mass is 16.2. The van der Waals surface area contributed by atoms with E-state index < -0.39 is 0 Å². The van der Waals surface area contributed by atoms with Crippen LogP contribution in [0.4, 0.5) is 0 Å². The summed E-state index contributed by atoms with van der Waals surface area (Å²) >= 11 is 0. The van der Waals surface area contributed by atoms with E-state index in [-0.39, 0.29) is 5.91 Å². The molecule has 3 heterocycles. The zero-order valence-electron chi connectivity index (χ0n) is 16.1. The number of pyridine rings is 1. The topological polar surface area (TPSA) is 54.3 Å². The molecule has 1 amide bonds. The third kappa shape index (κ3) is 3.45. The van der Waals surface area contributed by atoms with Crippen molar-refractivity contribution in [3.05, 3.63) is 59.0 Å². The molecule has 0 bridgehead atoms. The lowest BCUT2D eigenvalue weighted by Gasteiger charge is -2.34. The number of fused-ring (bicyclic) bond motifs is 1. The van der Waals surface area contributed by atoms with E-state index in [0.717, 1.165) is 49.3 Å². The van der Waals surface area contributed by atoms with E-state index in [1.54, 1.807) is 0 Å². The molecule has 1 saturated heterocycles. The quantitative estimate of drug-likeness (QED) is 0.718. The molecule has 0 saturated carbocycles. The minimum atomic E-state index is 0.0224. The molecule has 3 aromatic rings. The Bertz CT molecular complexity index is 985. The summed E-state index contributed by atoms with van der Waals surface area (Å²) in [6, 6.07) is 11.7.